The number of methoxy groups -OCH3 is 1. The highest BCUT2D eigenvalue weighted by molar-refractivity contribution is 9.10. The number of nitrogens with zero attached hydrogens (tertiary/aromatic N) is 8. The minimum absolute atomic E-state index is 0.0115. The highest BCUT2D eigenvalue weighted by atomic mass is 79.9. The smallest absolute Gasteiger partial charge is 0.411 e. The topological polar surface area (TPSA) is 300 Å². The summed E-state index contributed by atoms with van der Waals surface area (Å²) >= 11 is 7.45. The first-order valence-corrected chi connectivity index (χ1v) is 41.6. The van der Waals surface area contributed by atoms with Crippen molar-refractivity contribution in [2.45, 2.75) is 246 Å². The van der Waals surface area contributed by atoms with Gasteiger partial charge in [0.15, 0.2) is 0 Å². The Morgan fingerprint density at radius 3 is 1.25 bits per heavy atom. The van der Waals surface area contributed by atoms with Gasteiger partial charge < -0.3 is 64.1 Å². The lowest BCUT2D eigenvalue weighted by atomic mass is 9.92. The number of aromatic amines is 4. The van der Waals surface area contributed by atoms with Crippen LogP contribution in [-0.4, -0.2) is 150 Å². The van der Waals surface area contributed by atoms with E-state index < -0.39 is 29.4 Å². The lowest BCUT2D eigenvalue weighted by Gasteiger charge is -2.33. The first-order chi connectivity index (χ1) is 54.2. The number of rotatable bonds is 13. The number of ether oxygens (including phenoxy) is 5. The molecular formula is C87H102Br2N14O11. The number of halogens is 2. The van der Waals surface area contributed by atoms with Gasteiger partial charge in [-0.15, -0.1) is 0 Å². The number of likely N-dealkylation sites (tertiary alicyclic amines) is 4. The maximum atomic E-state index is 14.0. The van der Waals surface area contributed by atoms with Crippen molar-refractivity contribution in [3.8, 4) is 56.3 Å². The predicted molar refractivity (Wildman–Crippen MR) is 444 cm³/mol. The van der Waals surface area contributed by atoms with Crippen LogP contribution in [0.15, 0.2) is 94.1 Å². The summed E-state index contributed by atoms with van der Waals surface area (Å²) in [6.07, 6.45) is 5.60. The van der Waals surface area contributed by atoms with Gasteiger partial charge in [0.25, 0.3) is 0 Å². The molecule has 0 bridgehead atoms. The van der Waals surface area contributed by atoms with Crippen LogP contribution in [0.4, 0.5) is 14.4 Å². The SMILES string of the molecule is CCC(=O)N[C@H](C(=O)N1[C@@H](C)CC[C@H]1c1nc2c(ccc3cc4c(cc32)OCc2cc(-c3nc([C@@H]5CC[C@H](C)N5C(=O)[C@@H](NC(=O)OC)C(C)C)[nH]c3Br)ccc2-4)[nH]1)C(C)C.C[C@H]1CC[C@@H](c2nc(-c3ccc4c(c3)COc3cc5c(ccc6[nH]c([C@@H]7CC[C@H](C)N7C(=O)OC(C)(C)C)nc65)cc3-4)c(Br)[nH]2)N1C(=O)OC(C)(C)C. The van der Waals surface area contributed by atoms with Gasteiger partial charge in [-0.25, -0.2) is 34.3 Å². The van der Waals surface area contributed by atoms with E-state index in [0.29, 0.717) is 25.5 Å². The van der Waals surface area contributed by atoms with Crippen molar-refractivity contribution < 1.29 is 52.5 Å². The van der Waals surface area contributed by atoms with E-state index in [9.17, 15) is 28.8 Å². The largest absolute Gasteiger partial charge is 0.488 e. The Morgan fingerprint density at radius 2 is 0.868 bits per heavy atom. The van der Waals surface area contributed by atoms with Gasteiger partial charge in [0.1, 0.15) is 91.9 Å². The van der Waals surface area contributed by atoms with E-state index in [0.717, 1.165) is 189 Å². The van der Waals surface area contributed by atoms with Crippen LogP contribution in [0.3, 0.4) is 0 Å². The average Bonchev–Trinajstić information content (AvgIpc) is 1.38. The maximum Gasteiger partial charge on any atom is 0.411 e. The molecule has 6 amide bonds. The zero-order valence-corrected chi connectivity index (χ0v) is 70.8. The van der Waals surface area contributed by atoms with Gasteiger partial charge in [-0.05, 0) is 246 Å². The van der Waals surface area contributed by atoms with Crippen LogP contribution in [0, 0.1) is 11.8 Å². The molecule has 25 nitrogen and oxygen atoms in total. The number of carbonyl (C=O) groups is 6. The Kier molecular flexibility index (Phi) is 21.5. The fourth-order valence-electron chi connectivity index (χ4n) is 17.5. The number of aromatic nitrogens is 8. The molecule has 114 heavy (non-hydrogen) atoms. The molecule has 10 heterocycles. The highest BCUT2D eigenvalue weighted by Gasteiger charge is 2.46. The van der Waals surface area contributed by atoms with Crippen molar-refractivity contribution in [3.63, 3.8) is 0 Å². The molecule has 600 valence electrons. The predicted octanol–water partition coefficient (Wildman–Crippen LogP) is 18.8. The first-order valence-electron chi connectivity index (χ1n) is 40.0. The normalized spacial score (nSPS) is 21.1. The van der Waals surface area contributed by atoms with Crippen LogP contribution in [0.25, 0.3) is 88.4 Å². The third-order valence-electron chi connectivity index (χ3n) is 23.2. The van der Waals surface area contributed by atoms with Crippen LogP contribution >= 0.6 is 31.9 Å². The zero-order valence-electron chi connectivity index (χ0n) is 67.6. The minimum atomic E-state index is -0.730. The maximum absolute atomic E-state index is 14.0. The zero-order chi connectivity index (χ0) is 81.0. The molecule has 0 aliphatic carbocycles. The lowest BCUT2D eigenvalue weighted by molar-refractivity contribution is -0.140. The highest BCUT2D eigenvalue weighted by Crippen LogP contribution is 2.49. The molecule has 10 aromatic rings. The fourth-order valence-corrected chi connectivity index (χ4v) is 18.5. The second-order valence-corrected chi connectivity index (χ2v) is 35.8. The lowest BCUT2D eigenvalue weighted by Crippen LogP contribution is -2.52. The summed E-state index contributed by atoms with van der Waals surface area (Å²) in [5, 5.41) is 9.72. The van der Waals surface area contributed by atoms with E-state index in [1.807, 2.05) is 102 Å². The van der Waals surface area contributed by atoms with Crippen molar-refractivity contribution in [1.82, 2.24) is 70.1 Å². The number of nitrogens with one attached hydrogen (secondary N) is 6. The summed E-state index contributed by atoms with van der Waals surface area (Å²) < 4.78 is 30.7. The Morgan fingerprint density at radius 1 is 0.491 bits per heavy atom. The van der Waals surface area contributed by atoms with E-state index in [4.69, 9.17) is 43.6 Å². The van der Waals surface area contributed by atoms with Crippen LogP contribution in [0.5, 0.6) is 11.5 Å². The van der Waals surface area contributed by atoms with E-state index in [2.05, 4.69) is 162 Å². The Labute approximate surface area is 680 Å². The quantitative estimate of drug-likeness (QED) is 0.0585. The van der Waals surface area contributed by atoms with Crippen molar-refractivity contribution in [2.24, 2.45) is 11.8 Å². The van der Waals surface area contributed by atoms with Crippen LogP contribution in [0.1, 0.15) is 220 Å². The summed E-state index contributed by atoms with van der Waals surface area (Å²) in [5.41, 5.74) is 12.0. The summed E-state index contributed by atoms with van der Waals surface area (Å²) in [5.74, 6) is 3.94. The Bertz CT molecular complexity index is 5460. The second kappa shape index (κ2) is 31.0. The molecular weight excluding hydrogens is 1580 g/mol. The molecule has 4 aromatic heterocycles. The molecule has 6 N–H and O–H groups in total. The number of hydrogen-bond donors (Lipinski definition) is 6. The van der Waals surface area contributed by atoms with Gasteiger partial charge in [-0.1, -0.05) is 71.0 Å². The minimum Gasteiger partial charge on any atom is -0.488 e. The van der Waals surface area contributed by atoms with Gasteiger partial charge in [0, 0.05) is 63.6 Å². The summed E-state index contributed by atoms with van der Waals surface area (Å²) in [4.78, 5) is 120. The Hall–Kier alpha value is -10.0. The van der Waals surface area contributed by atoms with Crippen molar-refractivity contribution in [1.29, 1.82) is 0 Å². The number of hydrogen-bond acceptors (Lipinski definition) is 15. The summed E-state index contributed by atoms with van der Waals surface area (Å²) in [6.45, 7) is 29.9. The molecule has 10 atom stereocenters. The number of carbonyl (C=O) groups excluding carboxylic acids is 6. The molecule has 4 saturated heterocycles. The number of benzene rings is 6. The van der Waals surface area contributed by atoms with Crippen molar-refractivity contribution >= 4 is 111 Å². The molecule has 0 spiro atoms. The van der Waals surface area contributed by atoms with Gasteiger partial charge in [0.2, 0.25) is 17.7 Å². The van der Waals surface area contributed by atoms with Crippen molar-refractivity contribution in [2.75, 3.05) is 7.11 Å². The fraction of sp³-hybridized carbons (Fsp3) is 0.471. The molecule has 0 radical (unpaired) electrons. The first kappa shape index (κ1) is 79.2. The average molecular weight is 1680 g/mol. The van der Waals surface area contributed by atoms with Gasteiger partial charge in [-0.2, -0.15) is 0 Å². The monoisotopic (exact) mass is 1680 g/mol. The van der Waals surface area contributed by atoms with E-state index in [1.165, 1.54) is 7.11 Å². The molecule has 0 unspecified atom stereocenters. The third-order valence-corrected chi connectivity index (χ3v) is 24.4. The third kappa shape index (κ3) is 15.2. The Balaban J connectivity index is 0.000000181. The summed E-state index contributed by atoms with van der Waals surface area (Å²) in [6, 6.07) is 27.3. The molecule has 27 heteroatoms. The van der Waals surface area contributed by atoms with E-state index in [-0.39, 0.29) is 90.1 Å². The number of alkyl carbamates (subject to hydrolysis) is 1. The summed E-state index contributed by atoms with van der Waals surface area (Å²) in [7, 11) is 1.29. The van der Waals surface area contributed by atoms with Crippen LogP contribution in [0.2, 0.25) is 0 Å². The van der Waals surface area contributed by atoms with Gasteiger partial charge in [0.05, 0.1) is 53.3 Å². The molecule has 6 aliphatic heterocycles. The molecule has 0 saturated carbocycles. The van der Waals surface area contributed by atoms with Gasteiger partial charge in [-0.3, -0.25) is 24.2 Å². The number of H-pyrrole nitrogens is 4. The van der Waals surface area contributed by atoms with Crippen LogP contribution < -0.4 is 20.1 Å². The van der Waals surface area contributed by atoms with E-state index in [1.54, 1.807) is 6.92 Å². The number of fused-ring (bicyclic) bond motifs is 12. The molecule has 6 aliphatic rings. The molecule has 16 rings (SSSR count). The van der Waals surface area contributed by atoms with Crippen molar-refractivity contribution in [3.05, 3.63) is 129 Å². The molecule has 4 fully saturated rings. The van der Waals surface area contributed by atoms with E-state index >= 15 is 0 Å². The number of imidazole rings is 4. The standard InChI is InChI=1S/C46H55BrN8O6.C41H47BrN6O5/c1-9-36(56)49-37(22(2)3)44(57)54-24(6)10-16-33(54)42-48-32-15-13-26-19-31-29-14-12-27(18-28(29)21-61-35(31)20-30(26)40(32)51-42)39-41(47)53-43(50-39)34-17-11-25(7)55(34)45(58)38(23(4)5)52-46(59)60-8;1-21-9-15-30(47(21)38(49)52-40(3,4)5)36-43-29-14-12-23-18-28-26-13-11-24(17-25(26)20-51-32(28)19-27(23)34(29)45-36)33-35(42)46-37(44-33)31-16-10-22(2)48(31)39(50)53-41(6,7)8/h12-15,18-20,22-25,33-34,37-38H,9-11,16-17,21H2,1-8H3,(H,48,51)(H,49,56)(H,50,53)(H,52,59);11-14,17-19,21-22,30-31H,9-10,15-16,20H2,1-8H3,(H,43,45)(H,44,46)/t24-,25-,33-,34-,37-,38-;21-,22-,30-,31-/m00/s1. The molecule has 6 aromatic carbocycles. The second-order valence-electron chi connectivity index (χ2n) is 34.2. The number of amides is 6. The van der Waals surface area contributed by atoms with Gasteiger partial charge >= 0.3 is 18.3 Å². The van der Waals surface area contributed by atoms with Crippen LogP contribution in [-0.2, 0) is 41.8 Å².